The number of nitrogens with zero attached hydrogens (tertiary/aromatic N) is 2. The highest BCUT2D eigenvalue weighted by Gasteiger charge is 2.37. The molecule has 9 rings (SSSR count). The van der Waals surface area contributed by atoms with E-state index in [1.807, 2.05) is 54.6 Å². The van der Waals surface area contributed by atoms with Crippen molar-refractivity contribution in [1.82, 2.24) is 0 Å². The van der Waals surface area contributed by atoms with Crippen LogP contribution in [0.15, 0.2) is 206 Å². The molecule has 5 heteroatoms. The van der Waals surface area contributed by atoms with Crippen LogP contribution in [0.1, 0.15) is 22.3 Å². The Bertz CT molecular complexity index is 2820. The first-order valence-electron chi connectivity index (χ1n) is 19.1. The fourth-order valence-electron chi connectivity index (χ4n) is 7.74. The summed E-state index contributed by atoms with van der Waals surface area (Å²) in [6.07, 6.45) is 5.72. The molecular formula is C53H36N2O3. The Morgan fingerprint density at radius 3 is 1.71 bits per heavy atom. The van der Waals surface area contributed by atoms with E-state index in [1.165, 1.54) is 6.08 Å². The molecule has 0 amide bonds. The number of rotatable bonds is 9. The van der Waals surface area contributed by atoms with Gasteiger partial charge < -0.3 is 14.7 Å². The molecule has 1 aliphatic rings. The largest absolute Gasteiger partial charge is 0.477 e. The highest BCUT2D eigenvalue weighted by atomic mass is 16.5. The van der Waals surface area contributed by atoms with Gasteiger partial charge in [-0.05, 0) is 105 Å². The summed E-state index contributed by atoms with van der Waals surface area (Å²) in [7, 11) is 0. The fraction of sp³-hybridized carbons (Fsp3) is 0.0189. The van der Waals surface area contributed by atoms with Crippen LogP contribution in [0.5, 0.6) is 5.75 Å². The molecule has 1 N–H and O–H groups in total. The van der Waals surface area contributed by atoms with Gasteiger partial charge in [0.2, 0.25) is 0 Å². The highest BCUT2D eigenvalue weighted by Crippen LogP contribution is 2.45. The molecule has 1 unspecified atom stereocenters. The van der Waals surface area contributed by atoms with Gasteiger partial charge in [-0.1, -0.05) is 146 Å². The van der Waals surface area contributed by atoms with Gasteiger partial charge in [-0.25, -0.2) is 4.79 Å². The molecule has 0 spiro atoms. The molecule has 0 fully saturated rings. The minimum atomic E-state index is -1.24. The molecule has 0 bridgehead atoms. The van der Waals surface area contributed by atoms with Crippen LogP contribution in [0.25, 0.3) is 45.2 Å². The number of ether oxygens (including phenoxy) is 1. The molecule has 8 aromatic rings. The summed E-state index contributed by atoms with van der Waals surface area (Å²) in [6.45, 7) is 0. The van der Waals surface area contributed by atoms with Crippen molar-refractivity contribution in [2.75, 3.05) is 4.90 Å². The van der Waals surface area contributed by atoms with E-state index in [2.05, 4.69) is 157 Å². The van der Waals surface area contributed by atoms with Crippen LogP contribution >= 0.6 is 0 Å². The third kappa shape index (κ3) is 6.81. The van der Waals surface area contributed by atoms with Crippen LogP contribution in [-0.2, 0) is 10.4 Å². The number of para-hydroxylation sites is 2. The normalized spacial score (nSPS) is 14.6. The number of fused-ring (bicyclic) bond motifs is 3. The van der Waals surface area contributed by atoms with Crippen LogP contribution in [0, 0.1) is 11.3 Å². The molecule has 8 aromatic carbocycles. The Hall–Kier alpha value is -7.94. The van der Waals surface area contributed by atoms with Crippen LogP contribution in [0.2, 0.25) is 0 Å². The van der Waals surface area contributed by atoms with Crippen molar-refractivity contribution >= 4 is 46.0 Å². The van der Waals surface area contributed by atoms with Crippen molar-refractivity contribution in [3.8, 4) is 34.1 Å². The molecule has 0 aliphatic carbocycles. The first-order chi connectivity index (χ1) is 28.5. The Kier molecular flexibility index (Phi) is 9.43. The van der Waals surface area contributed by atoms with Gasteiger partial charge in [0, 0.05) is 33.8 Å². The van der Waals surface area contributed by atoms with Crippen LogP contribution < -0.4 is 9.64 Å². The maximum absolute atomic E-state index is 11.3. The molecule has 1 heterocycles. The topological polar surface area (TPSA) is 73.6 Å². The molecule has 0 aromatic heterocycles. The van der Waals surface area contributed by atoms with Crippen LogP contribution in [0.3, 0.4) is 0 Å². The number of hydrogen-bond acceptors (Lipinski definition) is 4. The minimum absolute atomic E-state index is 0.306. The van der Waals surface area contributed by atoms with E-state index in [9.17, 15) is 9.90 Å². The third-order valence-electron chi connectivity index (χ3n) is 10.7. The molecule has 0 saturated carbocycles. The van der Waals surface area contributed by atoms with Crippen molar-refractivity contribution in [1.29, 1.82) is 5.26 Å². The standard InChI is InChI=1S/C53H36N2O3/c54-36-43(52(56)57)34-37-16-18-38(19-17-37)39-20-26-45(27-21-39)53(44-10-4-1-5-11-44)33-32-50-49-30-24-41(35-42(49)25-31-51(50)58-53)40-22-28-48(29-23-40)55(46-12-6-2-7-13-46)47-14-8-3-9-15-47/h1-35H,(H,56,57)/b43-34-. The average Bonchev–Trinajstić information content (AvgIpc) is 3.29. The van der Waals surface area contributed by atoms with Crippen molar-refractivity contribution in [3.05, 3.63) is 228 Å². The SMILES string of the molecule is N#C/C(=C/c1ccc(-c2ccc(C3(c4ccccc4)C=Cc4c(ccc5cc(-c6ccc(N(c7ccccc7)c7ccccc7)cc6)ccc45)O3)cc2)cc1)C(=O)O. The van der Waals surface area contributed by atoms with E-state index in [0.717, 1.165) is 72.5 Å². The third-order valence-corrected chi connectivity index (χ3v) is 10.7. The van der Waals surface area contributed by atoms with E-state index < -0.39 is 11.6 Å². The van der Waals surface area contributed by atoms with Gasteiger partial charge in [-0.3, -0.25) is 0 Å². The Morgan fingerprint density at radius 2 is 1.10 bits per heavy atom. The van der Waals surface area contributed by atoms with Gasteiger partial charge in [0.15, 0.2) is 5.60 Å². The number of anilines is 3. The second-order valence-corrected chi connectivity index (χ2v) is 14.2. The van der Waals surface area contributed by atoms with Crippen LogP contribution in [0.4, 0.5) is 17.1 Å². The highest BCUT2D eigenvalue weighted by molar-refractivity contribution is 5.97. The van der Waals surface area contributed by atoms with E-state index in [-0.39, 0.29) is 5.57 Å². The molecule has 276 valence electrons. The summed E-state index contributed by atoms with van der Waals surface area (Å²) in [6, 6.07) is 68.3. The number of carbonyl (C=O) groups is 1. The monoisotopic (exact) mass is 748 g/mol. The van der Waals surface area contributed by atoms with Gasteiger partial charge in [0.25, 0.3) is 0 Å². The Morgan fingerprint density at radius 1 is 0.586 bits per heavy atom. The quantitative estimate of drug-likeness (QED) is 0.118. The first kappa shape index (κ1) is 35.7. The van der Waals surface area contributed by atoms with Crippen molar-refractivity contribution in [2.24, 2.45) is 0 Å². The predicted molar refractivity (Wildman–Crippen MR) is 234 cm³/mol. The van der Waals surface area contributed by atoms with E-state index in [0.29, 0.717) is 5.56 Å². The second kappa shape index (κ2) is 15.3. The molecular weight excluding hydrogens is 713 g/mol. The number of benzene rings is 8. The lowest BCUT2D eigenvalue weighted by molar-refractivity contribution is -0.132. The summed E-state index contributed by atoms with van der Waals surface area (Å²) in [5.74, 6) is -0.435. The van der Waals surface area contributed by atoms with Crippen molar-refractivity contribution < 1.29 is 14.6 Å². The van der Waals surface area contributed by atoms with Crippen molar-refractivity contribution in [3.63, 3.8) is 0 Å². The number of hydrogen-bond donors (Lipinski definition) is 1. The lowest BCUT2D eigenvalue weighted by Crippen LogP contribution is -2.34. The van der Waals surface area contributed by atoms with Gasteiger partial charge in [0.1, 0.15) is 17.4 Å². The zero-order valence-electron chi connectivity index (χ0n) is 31.4. The van der Waals surface area contributed by atoms with Gasteiger partial charge in [0.05, 0.1) is 0 Å². The summed E-state index contributed by atoms with van der Waals surface area (Å²) < 4.78 is 7.08. The molecule has 1 atom stereocenters. The summed E-state index contributed by atoms with van der Waals surface area (Å²) in [5, 5.41) is 20.6. The van der Waals surface area contributed by atoms with E-state index in [1.54, 1.807) is 6.07 Å². The van der Waals surface area contributed by atoms with E-state index >= 15 is 0 Å². The second-order valence-electron chi connectivity index (χ2n) is 14.2. The average molecular weight is 749 g/mol. The molecule has 1 aliphatic heterocycles. The summed E-state index contributed by atoms with van der Waals surface area (Å²) in [4.78, 5) is 13.6. The number of carboxylic acid groups (broad SMARTS) is 1. The zero-order valence-corrected chi connectivity index (χ0v) is 31.4. The smallest absolute Gasteiger partial charge is 0.346 e. The molecule has 5 nitrogen and oxygen atoms in total. The van der Waals surface area contributed by atoms with Gasteiger partial charge in [-0.15, -0.1) is 0 Å². The maximum atomic E-state index is 11.3. The lowest BCUT2D eigenvalue weighted by atomic mass is 9.82. The summed E-state index contributed by atoms with van der Waals surface area (Å²) >= 11 is 0. The molecule has 0 radical (unpaired) electrons. The molecule has 58 heavy (non-hydrogen) atoms. The first-order valence-corrected chi connectivity index (χ1v) is 19.1. The Labute approximate surface area is 337 Å². The number of carboxylic acids is 1. The lowest BCUT2D eigenvalue weighted by Gasteiger charge is -2.36. The number of nitriles is 1. The predicted octanol–water partition coefficient (Wildman–Crippen LogP) is 13.0. The maximum Gasteiger partial charge on any atom is 0.346 e. The molecule has 0 saturated heterocycles. The summed E-state index contributed by atoms with van der Waals surface area (Å²) in [5.41, 5.74) is 10.1. The van der Waals surface area contributed by atoms with Gasteiger partial charge in [-0.2, -0.15) is 5.26 Å². The zero-order chi connectivity index (χ0) is 39.5. The fourth-order valence-corrected chi connectivity index (χ4v) is 7.74. The Balaban J connectivity index is 1.01. The van der Waals surface area contributed by atoms with E-state index in [4.69, 9.17) is 10.00 Å². The number of aliphatic carboxylic acids is 1. The van der Waals surface area contributed by atoms with Gasteiger partial charge >= 0.3 is 5.97 Å². The minimum Gasteiger partial charge on any atom is -0.477 e. The van der Waals surface area contributed by atoms with Crippen LogP contribution in [-0.4, -0.2) is 11.1 Å². The van der Waals surface area contributed by atoms with Crippen molar-refractivity contribution in [2.45, 2.75) is 5.60 Å².